The molecule has 0 aromatic carbocycles. The highest BCUT2D eigenvalue weighted by atomic mass is 19.1. The van der Waals surface area contributed by atoms with Crippen molar-refractivity contribution in [1.29, 1.82) is 0 Å². The SMILES string of the molecule is CC(C)[C@@H](C(=O)O)N1CCC[C@H]1[C@](C)(F)c1ccncc1. The molecular formula is C16H23FN2O2. The van der Waals surface area contributed by atoms with Crippen molar-refractivity contribution in [2.45, 2.75) is 51.4 Å². The van der Waals surface area contributed by atoms with Crippen molar-refractivity contribution in [3.63, 3.8) is 0 Å². The topological polar surface area (TPSA) is 53.4 Å². The molecule has 1 N–H and O–H groups in total. The number of halogens is 1. The molecule has 116 valence electrons. The van der Waals surface area contributed by atoms with Crippen LogP contribution in [0.25, 0.3) is 0 Å². The lowest BCUT2D eigenvalue weighted by atomic mass is 9.87. The molecular weight excluding hydrogens is 271 g/mol. The summed E-state index contributed by atoms with van der Waals surface area (Å²) in [5.41, 5.74) is -1.02. The maximum Gasteiger partial charge on any atom is 0.321 e. The summed E-state index contributed by atoms with van der Waals surface area (Å²) < 4.78 is 15.4. The van der Waals surface area contributed by atoms with Crippen LogP contribution < -0.4 is 0 Å². The van der Waals surface area contributed by atoms with Crippen molar-refractivity contribution in [3.05, 3.63) is 30.1 Å². The van der Waals surface area contributed by atoms with E-state index >= 15 is 4.39 Å². The van der Waals surface area contributed by atoms with Crippen molar-refractivity contribution in [1.82, 2.24) is 9.88 Å². The second kappa shape index (κ2) is 6.10. The van der Waals surface area contributed by atoms with Crippen LogP contribution in [0.4, 0.5) is 4.39 Å². The fourth-order valence-corrected chi connectivity index (χ4v) is 3.38. The molecule has 3 atom stereocenters. The smallest absolute Gasteiger partial charge is 0.321 e. The molecule has 2 rings (SSSR count). The van der Waals surface area contributed by atoms with Gasteiger partial charge < -0.3 is 5.11 Å². The van der Waals surface area contributed by atoms with E-state index in [4.69, 9.17) is 0 Å². The van der Waals surface area contributed by atoms with E-state index in [1.54, 1.807) is 31.5 Å². The molecule has 0 bridgehead atoms. The molecule has 2 heterocycles. The van der Waals surface area contributed by atoms with Gasteiger partial charge in [0, 0.05) is 18.4 Å². The number of aromatic nitrogens is 1. The second-order valence-electron chi connectivity index (χ2n) is 6.23. The van der Waals surface area contributed by atoms with Crippen LogP contribution in [0.2, 0.25) is 0 Å². The van der Waals surface area contributed by atoms with Gasteiger partial charge in [-0.2, -0.15) is 0 Å². The molecule has 0 saturated carbocycles. The summed E-state index contributed by atoms with van der Waals surface area (Å²) in [6, 6.07) is 2.28. The molecule has 1 aliphatic heterocycles. The molecule has 0 aliphatic carbocycles. The number of pyridine rings is 1. The van der Waals surface area contributed by atoms with Crippen LogP contribution >= 0.6 is 0 Å². The summed E-state index contributed by atoms with van der Waals surface area (Å²) in [5.74, 6) is -0.932. The number of hydrogen-bond donors (Lipinski definition) is 1. The highest BCUT2D eigenvalue weighted by Crippen LogP contribution is 2.39. The Kier molecular flexibility index (Phi) is 4.61. The minimum atomic E-state index is -1.58. The zero-order chi connectivity index (χ0) is 15.6. The minimum absolute atomic E-state index is 0.0589. The van der Waals surface area contributed by atoms with Crippen molar-refractivity contribution in [3.8, 4) is 0 Å². The number of alkyl halides is 1. The maximum atomic E-state index is 15.4. The Labute approximate surface area is 125 Å². The fraction of sp³-hybridized carbons (Fsp3) is 0.625. The van der Waals surface area contributed by atoms with E-state index in [0.717, 1.165) is 6.42 Å². The van der Waals surface area contributed by atoms with Gasteiger partial charge in [-0.05, 0) is 49.9 Å². The van der Waals surface area contributed by atoms with Crippen LogP contribution in [0.1, 0.15) is 39.2 Å². The first-order valence-corrected chi connectivity index (χ1v) is 7.43. The summed E-state index contributed by atoms with van der Waals surface area (Å²) >= 11 is 0. The lowest BCUT2D eigenvalue weighted by Crippen LogP contribution is -2.52. The molecule has 4 nitrogen and oxygen atoms in total. The molecule has 5 heteroatoms. The minimum Gasteiger partial charge on any atom is -0.480 e. The van der Waals surface area contributed by atoms with Gasteiger partial charge in [0.15, 0.2) is 0 Å². The molecule has 0 unspecified atom stereocenters. The number of carboxylic acid groups (broad SMARTS) is 1. The van der Waals surface area contributed by atoms with Gasteiger partial charge in [0.25, 0.3) is 0 Å². The number of nitrogens with zero attached hydrogens (tertiary/aromatic N) is 2. The molecule has 0 radical (unpaired) electrons. The molecule has 1 aromatic rings. The summed E-state index contributed by atoms with van der Waals surface area (Å²) in [6.07, 6.45) is 4.64. The highest BCUT2D eigenvalue weighted by Gasteiger charge is 2.47. The highest BCUT2D eigenvalue weighted by molar-refractivity contribution is 5.74. The zero-order valence-electron chi connectivity index (χ0n) is 12.8. The third-order valence-corrected chi connectivity index (χ3v) is 4.41. The molecule has 1 aromatic heterocycles. The van der Waals surface area contributed by atoms with Crippen LogP contribution in [-0.2, 0) is 10.5 Å². The van der Waals surface area contributed by atoms with Crippen molar-refractivity contribution < 1.29 is 14.3 Å². The number of hydrogen-bond acceptors (Lipinski definition) is 3. The van der Waals surface area contributed by atoms with Gasteiger partial charge in [-0.25, -0.2) is 4.39 Å². The molecule has 1 aliphatic rings. The average Bonchev–Trinajstić information content (AvgIpc) is 2.88. The summed E-state index contributed by atoms with van der Waals surface area (Å²) in [7, 11) is 0. The Hall–Kier alpha value is -1.49. The maximum absolute atomic E-state index is 15.4. The van der Waals surface area contributed by atoms with Crippen molar-refractivity contribution in [2.24, 2.45) is 5.92 Å². The molecule has 21 heavy (non-hydrogen) atoms. The van der Waals surface area contributed by atoms with E-state index < -0.39 is 23.7 Å². The first-order chi connectivity index (χ1) is 9.85. The fourth-order valence-electron chi connectivity index (χ4n) is 3.38. The van der Waals surface area contributed by atoms with Crippen molar-refractivity contribution in [2.75, 3.05) is 6.54 Å². The van der Waals surface area contributed by atoms with Gasteiger partial charge in [-0.3, -0.25) is 14.7 Å². The largest absolute Gasteiger partial charge is 0.480 e. The number of likely N-dealkylation sites (tertiary alicyclic amines) is 1. The third-order valence-electron chi connectivity index (χ3n) is 4.41. The monoisotopic (exact) mass is 294 g/mol. The first kappa shape index (κ1) is 15.9. The molecule has 1 saturated heterocycles. The number of rotatable bonds is 5. The Balaban J connectivity index is 2.31. The van der Waals surface area contributed by atoms with E-state index in [0.29, 0.717) is 18.5 Å². The predicted molar refractivity (Wildman–Crippen MR) is 78.7 cm³/mol. The lowest BCUT2D eigenvalue weighted by molar-refractivity contribution is -0.147. The number of carboxylic acids is 1. The van der Waals surface area contributed by atoms with Gasteiger partial charge in [0.1, 0.15) is 11.7 Å². The molecule has 0 spiro atoms. The molecule has 1 fully saturated rings. The van der Waals surface area contributed by atoms with E-state index in [2.05, 4.69) is 4.98 Å². The second-order valence-corrected chi connectivity index (χ2v) is 6.23. The van der Waals surface area contributed by atoms with E-state index in [1.165, 1.54) is 0 Å². The van der Waals surface area contributed by atoms with Crippen LogP contribution in [0.15, 0.2) is 24.5 Å². The van der Waals surface area contributed by atoms with Gasteiger partial charge in [-0.1, -0.05) is 13.8 Å². The third kappa shape index (κ3) is 3.07. The Morgan fingerprint density at radius 1 is 1.48 bits per heavy atom. The number of carbonyl (C=O) groups is 1. The Morgan fingerprint density at radius 2 is 2.10 bits per heavy atom. The van der Waals surface area contributed by atoms with Gasteiger partial charge in [-0.15, -0.1) is 0 Å². The quantitative estimate of drug-likeness (QED) is 0.907. The lowest BCUT2D eigenvalue weighted by Gasteiger charge is -2.39. The van der Waals surface area contributed by atoms with Gasteiger partial charge in [0.2, 0.25) is 0 Å². The predicted octanol–water partition coefficient (Wildman–Crippen LogP) is 2.84. The van der Waals surface area contributed by atoms with Crippen LogP contribution in [0.3, 0.4) is 0 Å². The zero-order valence-corrected chi connectivity index (χ0v) is 12.8. The Morgan fingerprint density at radius 3 is 2.62 bits per heavy atom. The van der Waals surface area contributed by atoms with Crippen LogP contribution in [0, 0.1) is 5.92 Å². The van der Waals surface area contributed by atoms with E-state index in [-0.39, 0.29) is 5.92 Å². The van der Waals surface area contributed by atoms with E-state index in [9.17, 15) is 9.90 Å². The van der Waals surface area contributed by atoms with Crippen LogP contribution in [0.5, 0.6) is 0 Å². The van der Waals surface area contributed by atoms with E-state index in [1.807, 2.05) is 18.7 Å². The van der Waals surface area contributed by atoms with Gasteiger partial charge >= 0.3 is 5.97 Å². The average molecular weight is 294 g/mol. The first-order valence-electron chi connectivity index (χ1n) is 7.43. The summed E-state index contributed by atoms with van der Waals surface area (Å²) in [4.78, 5) is 17.3. The standard InChI is InChI=1S/C16H23FN2O2/c1-11(2)14(15(20)21)19-10-4-5-13(19)16(3,17)12-6-8-18-9-7-12/h6-9,11,13-14H,4-5,10H2,1-3H3,(H,20,21)/t13-,14-,16+/m0/s1. The summed E-state index contributed by atoms with van der Waals surface area (Å²) in [6.45, 7) is 5.92. The van der Waals surface area contributed by atoms with Crippen molar-refractivity contribution >= 4 is 5.97 Å². The molecule has 0 amide bonds. The summed E-state index contributed by atoms with van der Waals surface area (Å²) in [5, 5.41) is 9.48. The number of aliphatic carboxylic acids is 1. The normalized spacial score (nSPS) is 24.0. The van der Waals surface area contributed by atoms with Crippen LogP contribution in [-0.4, -0.2) is 39.6 Å². The Bertz CT molecular complexity index is 490. The van der Waals surface area contributed by atoms with Gasteiger partial charge in [0.05, 0.1) is 0 Å².